The van der Waals surface area contributed by atoms with Crippen LogP contribution in [0.3, 0.4) is 0 Å². The Hall–Kier alpha value is -2.49. The molecule has 2 N–H and O–H groups in total. The second kappa shape index (κ2) is 13.0. The number of benzene rings is 2. The summed E-state index contributed by atoms with van der Waals surface area (Å²) in [6.45, 7) is 4.30. The van der Waals surface area contributed by atoms with E-state index in [2.05, 4.69) is 49.7 Å². The molecular formula is C23H32IN5O2. The number of nitrogens with zero attached hydrogens (tertiary/aromatic N) is 3. The molecule has 0 bridgehead atoms. The summed E-state index contributed by atoms with van der Waals surface area (Å²) < 4.78 is 5.33. The summed E-state index contributed by atoms with van der Waals surface area (Å²) in [5.74, 6) is 1.60. The summed E-state index contributed by atoms with van der Waals surface area (Å²) in [6.07, 6.45) is 0.827. The van der Waals surface area contributed by atoms with E-state index in [4.69, 9.17) is 4.74 Å². The van der Waals surface area contributed by atoms with Crippen molar-refractivity contribution < 1.29 is 9.53 Å². The summed E-state index contributed by atoms with van der Waals surface area (Å²) in [5, 5.41) is 6.14. The van der Waals surface area contributed by atoms with E-state index in [9.17, 15) is 4.79 Å². The normalized spacial score (nSPS) is 13.9. The predicted molar refractivity (Wildman–Crippen MR) is 137 cm³/mol. The molecule has 0 radical (unpaired) electrons. The van der Waals surface area contributed by atoms with Gasteiger partial charge in [0, 0.05) is 51.5 Å². The molecule has 1 fully saturated rings. The smallest absolute Gasteiger partial charge is 0.239 e. The van der Waals surface area contributed by atoms with Crippen molar-refractivity contribution in [1.29, 1.82) is 0 Å². The van der Waals surface area contributed by atoms with Crippen LogP contribution in [0.5, 0.6) is 5.75 Å². The van der Waals surface area contributed by atoms with Crippen LogP contribution in [-0.2, 0) is 11.2 Å². The van der Waals surface area contributed by atoms with Crippen LogP contribution in [0.25, 0.3) is 0 Å². The third-order valence-corrected chi connectivity index (χ3v) is 5.20. The number of guanidine groups is 1. The van der Waals surface area contributed by atoms with Crippen molar-refractivity contribution in [3.63, 3.8) is 0 Å². The number of ether oxygens (including phenoxy) is 1. The lowest BCUT2D eigenvalue weighted by Gasteiger charge is -2.37. The number of aliphatic imine (C=N–C) groups is 1. The Morgan fingerprint density at radius 1 is 1.03 bits per heavy atom. The van der Waals surface area contributed by atoms with Gasteiger partial charge in [0.2, 0.25) is 5.91 Å². The van der Waals surface area contributed by atoms with Crippen LogP contribution in [0.1, 0.15) is 5.56 Å². The summed E-state index contributed by atoms with van der Waals surface area (Å²) in [4.78, 5) is 21.0. The largest absolute Gasteiger partial charge is 0.497 e. The molecule has 0 saturated carbocycles. The SMILES string of the molecule is CN=C(NCC(=O)NCCc1ccccc1)N1CCN(c2cccc(OC)c2)CC1.I. The van der Waals surface area contributed by atoms with Crippen LogP contribution in [-0.4, -0.2) is 70.2 Å². The Morgan fingerprint density at radius 3 is 2.45 bits per heavy atom. The fourth-order valence-electron chi connectivity index (χ4n) is 3.53. The molecule has 0 atom stereocenters. The van der Waals surface area contributed by atoms with E-state index in [-0.39, 0.29) is 36.4 Å². The highest BCUT2D eigenvalue weighted by molar-refractivity contribution is 14.0. The second-order valence-electron chi connectivity index (χ2n) is 7.16. The Kier molecular flexibility index (Phi) is 10.4. The number of carbonyl (C=O) groups is 1. The fourth-order valence-corrected chi connectivity index (χ4v) is 3.53. The number of piperazine rings is 1. The van der Waals surface area contributed by atoms with Gasteiger partial charge in [0.25, 0.3) is 0 Å². The van der Waals surface area contributed by atoms with Gasteiger partial charge in [-0.05, 0) is 24.1 Å². The zero-order valence-electron chi connectivity index (χ0n) is 18.2. The summed E-state index contributed by atoms with van der Waals surface area (Å²) in [5.41, 5.74) is 2.38. The summed E-state index contributed by atoms with van der Waals surface area (Å²) in [7, 11) is 3.44. The fraction of sp³-hybridized carbons (Fsp3) is 0.391. The lowest BCUT2D eigenvalue weighted by molar-refractivity contribution is -0.120. The van der Waals surface area contributed by atoms with E-state index in [0.717, 1.165) is 50.0 Å². The molecule has 3 rings (SSSR count). The van der Waals surface area contributed by atoms with Crippen molar-refractivity contribution in [2.45, 2.75) is 6.42 Å². The Labute approximate surface area is 201 Å². The minimum atomic E-state index is -0.0258. The molecule has 1 aliphatic heterocycles. The van der Waals surface area contributed by atoms with Crippen molar-refractivity contribution >= 4 is 41.5 Å². The van der Waals surface area contributed by atoms with Crippen LogP contribution >= 0.6 is 24.0 Å². The Morgan fingerprint density at radius 2 is 1.77 bits per heavy atom. The van der Waals surface area contributed by atoms with Crippen molar-refractivity contribution in [2.75, 3.05) is 58.3 Å². The standard InChI is InChI=1S/C23H31N5O2.HI/c1-24-23(26-18-22(29)25-12-11-19-7-4-3-5-8-19)28-15-13-27(14-16-28)20-9-6-10-21(17-20)30-2;/h3-10,17H,11-16,18H2,1-2H3,(H,24,26)(H,25,29);1H. The minimum Gasteiger partial charge on any atom is -0.497 e. The summed E-state index contributed by atoms with van der Waals surface area (Å²) >= 11 is 0. The topological polar surface area (TPSA) is 69.2 Å². The molecule has 8 heteroatoms. The number of hydrogen-bond acceptors (Lipinski definition) is 4. The molecule has 0 unspecified atom stereocenters. The highest BCUT2D eigenvalue weighted by atomic mass is 127. The second-order valence-corrected chi connectivity index (χ2v) is 7.16. The third-order valence-electron chi connectivity index (χ3n) is 5.20. The first kappa shape index (κ1) is 24.8. The maximum atomic E-state index is 12.2. The zero-order valence-corrected chi connectivity index (χ0v) is 20.5. The molecule has 2 aromatic carbocycles. The third kappa shape index (κ3) is 7.61. The lowest BCUT2D eigenvalue weighted by Crippen LogP contribution is -2.53. The van der Waals surface area contributed by atoms with Gasteiger partial charge in [0.1, 0.15) is 5.75 Å². The maximum Gasteiger partial charge on any atom is 0.239 e. The average Bonchev–Trinajstić information content (AvgIpc) is 2.80. The van der Waals surface area contributed by atoms with Gasteiger partial charge in [-0.3, -0.25) is 9.79 Å². The monoisotopic (exact) mass is 537 g/mol. The van der Waals surface area contributed by atoms with Crippen LogP contribution in [0.2, 0.25) is 0 Å². The number of carbonyl (C=O) groups excluding carboxylic acids is 1. The number of amides is 1. The molecule has 1 saturated heterocycles. The van der Waals surface area contributed by atoms with E-state index >= 15 is 0 Å². The lowest BCUT2D eigenvalue weighted by atomic mass is 10.1. The molecule has 0 aliphatic carbocycles. The van der Waals surface area contributed by atoms with Gasteiger partial charge in [0.15, 0.2) is 5.96 Å². The number of methoxy groups -OCH3 is 1. The predicted octanol–water partition coefficient (Wildman–Crippen LogP) is 2.37. The van der Waals surface area contributed by atoms with E-state index in [1.54, 1.807) is 14.2 Å². The van der Waals surface area contributed by atoms with E-state index in [1.165, 1.54) is 5.56 Å². The van der Waals surface area contributed by atoms with Crippen molar-refractivity contribution in [1.82, 2.24) is 15.5 Å². The van der Waals surface area contributed by atoms with Gasteiger partial charge >= 0.3 is 0 Å². The highest BCUT2D eigenvalue weighted by Crippen LogP contribution is 2.22. The quantitative estimate of drug-likeness (QED) is 0.323. The van der Waals surface area contributed by atoms with Crippen LogP contribution in [0.4, 0.5) is 5.69 Å². The maximum absolute atomic E-state index is 12.2. The molecule has 168 valence electrons. The number of halogens is 1. The molecule has 1 amide bonds. The zero-order chi connectivity index (χ0) is 21.2. The van der Waals surface area contributed by atoms with Gasteiger partial charge < -0.3 is 25.2 Å². The molecule has 31 heavy (non-hydrogen) atoms. The number of nitrogens with one attached hydrogen (secondary N) is 2. The number of hydrogen-bond donors (Lipinski definition) is 2. The first-order chi connectivity index (χ1) is 14.7. The van der Waals surface area contributed by atoms with Crippen molar-refractivity contribution in [2.24, 2.45) is 4.99 Å². The first-order valence-corrected chi connectivity index (χ1v) is 10.3. The van der Waals surface area contributed by atoms with Gasteiger partial charge in [-0.2, -0.15) is 0 Å². The number of rotatable bonds is 7. The van der Waals surface area contributed by atoms with Gasteiger partial charge in [-0.25, -0.2) is 0 Å². The van der Waals surface area contributed by atoms with E-state index in [0.29, 0.717) is 6.54 Å². The highest BCUT2D eigenvalue weighted by Gasteiger charge is 2.20. The molecular weight excluding hydrogens is 505 g/mol. The molecule has 1 heterocycles. The minimum absolute atomic E-state index is 0. The van der Waals surface area contributed by atoms with Gasteiger partial charge in [-0.1, -0.05) is 36.4 Å². The molecule has 1 aliphatic rings. The average molecular weight is 537 g/mol. The van der Waals surface area contributed by atoms with Gasteiger partial charge in [-0.15, -0.1) is 24.0 Å². The van der Waals surface area contributed by atoms with E-state index < -0.39 is 0 Å². The van der Waals surface area contributed by atoms with Crippen LogP contribution in [0.15, 0.2) is 59.6 Å². The molecule has 0 spiro atoms. The van der Waals surface area contributed by atoms with Crippen LogP contribution < -0.4 is 20.3 Å². The van der Waals surface area contributed by atoms with Crippen LogP contribution in [0, 0.1) is 0 Å². The van der Waals surface area contributed by atoms with E-state index in [1.807, 2.05) is 30.3 Å². The Balaban J connectivity index is 0.00000341. The van der Waals surface area contributed by atoms with Crippen molar-refractivity contribution in [3.8, 4) is 5.75 Å². The van der Waals surface area contributed by atoms with Gasteiger partial charge in [0.05, 0.1) is 13.7 Å². The first-order valence-electron chi connectivity index (χ1n) is 10.3. The number of anilines is 1. The molecule has 2 aromatic rings. The Bertz CT molecular complexity index is 839. The summed E-state index contributed by atoms with van der Waals surface area (Å²) in [6, 6.07) is 18.3. The van der Waals surface area contributed by atoms with Crippen molar-refractivity contribution in [3.05, 3.63) is 60.2 Å². The molecule has 7 nitrogen and oxygen atoms in total. The molecule has 0 aromatic heterocycles.